The monoisotopic (exact) mass is 333 g/mol. The molecule has 2 rings (SSSR count). The van der Waals surface area contributed by atoms with Crippen LogP contribution in [-0.2, 0) is 6.42 Å². The summed E-state index contributed by atoms with van der Waals surface area (Å²) < 4.78 is 15.1. The predicted molar refractivity (Wildman–Crippen MR) is 69.4 cm³/mol. The van der Waals surface area contributed by atoms with E-state index in [9.17, 15) is 4.39 Å². The van der Waals surface area contributed by atoms with E-state index in [1.54, 1.807) is 6.20 Å². The van der Waals surface area contributed by atoms with Crippen LogP contribution in [0, 0.1) is 5.82 Å². The number of rotatable bonds is 4. The number of aliphatic hydroxyl groups excluding tert-OH is 1. The molecule has 0 fully saturated rings. The second kappa shape index (κ2) is 5.77. The molecule has 96 valence electrons. The van der Waals surface area contributed by atoms with E-state index in [-0.39, 0.29) is 11.6 Å². The van der Waals surface area contributed by atoms with Crippen LogP contribution in [0.5, 0.6) is 0 Å². The molecule has 1 heterocycles. The molecule has 0 aliphatic rings. The standard InChI is InChI=1S/C11H10BrClFN3O/c12-9-4-7(14)5-10(13)11(9)17-6-8(15-16-17)2-1-3-18/h4-6,18H,1-3H2. The topological polar surface area (TPSA) is 50.9 Å². The molecular weight excluding hydrogens is 324 g/mol. The molecule has 0 unspecified atom stereocenters. The minimum atomic E-state index is -0.420. The van der Waals surface area contributed by atoms with E-state index in [0.717, 1.165) is 5.69 Å². The SMILES string of the molecule is OCCCc1cn(-c2c(Cl)cc(F)cc2Br)nn1. The van der Waals surface area contributed by atoms with Crippen LogP contribution < -0.4 is 0 Å². The van der Waals surface area contributed by atoms with E-state index in [1.165, 1.54) is 16.8 Å². The Morgan fingerprint density at radius 3 is 2.89 bits per heavy atom. The fraction of sp³-hybridized carbons (Fsp3) is 0.273. The first-order valence-corrected chi connectivity index (χ1v) is 6.46. The Hall–Kier alpha value is -0.980. The number of aliphatic hydroxyl groups is 1. The van der Waals surface area contributed by atoms with Crippen LogP contribution >= 0.6 is 27.5 Å². The molecule has 0 aliphatic carbocycles. The van der Waals surface area contributed by atoms with E-state index < -0.39 is 5.82 Å². The Bertz CT molecular complexity index is 538. The molecule has 0 saturated carbocycles. The molecule has 4 nitrogen and oxygen atoms in total. The van der Waals surface area contributed by atoms with Gasteiger partial charge in [-0.25, -0.2) is 9.07 Å². The summed E-state index contributed by atoms with van der Waals surface area (Å²) >= 11 is 9.23. The summed E-state index contributed by atoms with van der Waals surface area (Å²) in [5.41, 5.74) is 1.29. The van der Waals surface area contributed by atoms with Gasteiger partial charge in [-0.3, -0.25) is 0 Å². The average Bonchev–Trinajstić information content (AvgIpc) is 2.73. The Labute approximate surface area is 117 Å². The number of nitrogens with zero attached hydrogens (tertiary/aromatic N) is 3. The van der Waals surface area contributed by atoms with Crippen molar-refractivity contribution in [2.75, 3.05) is 6.61 Å². The van der Waals surface area contributed by atoms with Crippen LogP contribution in [0.25, 0.3) is 5.69 Å². The third-order valence-corrected chi connectivity index (χ3v) is 3.24. The van der Waals surface area contributed by atoms with Crippen molar-refractivity contribution in [2.45, 2.75) is 12.8 Å². The van der Waals surface area contributed by atoms with Crippen molar-refractivity contribution in [2.24, 2.45) is 0 Å². The van der Waals surface area contributed by atoms with Crippen LogP contribution in [0.4, 0.5) is 4.39 Å². The average molecular weight is 335 g/mol. The van der Waals surface area contributed by atoms with Crippen LogP contribution in [0.15, 0.2) is 22.8 Å². The van der Waals surface area contributed by atoms with Gasteiger partial charge in [-0.05, 0) is 40.9 Å². The number of aryl methyl sites for hydroxylation is 1. The van der Waals surface area contributed by atoms with Gasteiger partial charge >= 0.3 is 0 Å². The van der Waals surface area contributed by atoms with Gasteiger partial charge in [-0.1, -0.05) is 16.8 Å². The third kappa shape index (κ3) is 2.88. The maximum absolute atomic E-state index is 13.1. The Balaban J connectivity index is 2.34. The normalized spacial score (nSPS) is 10.9. The molecule has 18 heavy (non-hydrogen) atoms. The zero-order valence-corrected chi connectivity index (χ0v) is 11.6. The number of hydrogen-bond donors (Lipinski definition) is 1. The second-order valence-corrected chi connectivity index (χ2v) is 4.96. The van der Waals surface area contributed by atoms with Crippen molar-refractivity contribution >= 4 is 27.5 Å². The van der Waals surface area contributed by atoms with Gasteiger partial charge in [0.15, 0.2) is 0 Å². The molecule has 0 amide bonds. The number of halogens is 3. The number of aromatic nitrogens is 3. The van der Waals surface area contributed by atoms with Gasteiger partial charge in [-0.2, -0.15) is 0 Å². The summed E-state index contributed by atoms with van der Waals surface area (Å²) in [5, 5.41) is 16.9. The maximum Gasteiger partial charge on any atom is 0.125 e. The van der Waals surface area contributed by atoms with E-state index in [0.29, 0.717) is 23.0 Å². The quantitative estimate of drug-likeness (QED) is 0.935. The van der Waals surface area contributed by atoms with Crippen molar-refractivity contribution in [3.8, 4) is 5.69 Å². The summed E-state index contributed by atoms with van der Waals surface area (Å²) in [5.74, 6) is -0.420. The van der Waals surface area contributed by atoms with Gasteiger partial charge in [0.2, 0.25) is 0 Å². The first-order chi connectivity index (χ1) is 8.61. The molecular formula is C11H10BrClFN3O. The Kier molecular flexibility index (Phi) is 4.31. The second-order valence-electron chi connectivity index (χ2n) is 3.70. The molecule has 0 atom stereocenters. The van der Waals surface area contributed by atoms with E-state index in [1.807, 2.05) is 0 Å². The van der Waals surface area contributed by atoms with Crippen molar-refractivity contribution in [3.63, 3.8) is 0 Å². The number of benzene rings is 1. The molecule has 1 N–H and O–H groups in total. The molecule has 0 spiro atoms. The number of hydrogen-bond acceptors (Lipinski definition) is 3. The van der Waals surface area contributed by atoms with Crippen molar-refractivity contribution in [3.05, 3.63) is 39.3 Å². The van der Waals surface area contributed by atoms with E-state index in [2.05, 4.69) is 26.2 Å². The minimum absolute atomic E-state index is 0.105. The van der Waals surface area contributed by atoms with Gasteiger partial charge in [-0.15, -0.1) is 5.10 Å². The summed E-state index contributed by atoms with van der Waals surface area (Å²) in [6, 6.07) is 2.53. The Morgan fingerprint density at radius 1 is 1.44 bits per heavy atom. The predicted octanol–water partition coefficient (Wildman–Crippen LogP) is 2.75. The van der Waals surface area contributed by atoms with Crippen molar-refractivity contribution < 1.29 is 9.50 Å². The lowest BCUT2D eigenvalue weighted by Gasteiger charge is -2.06. The lowest BCUT2D eigenvalue weighted by atomic mass is 10.2. The van der Waals surface area contributed by atoms with Crippen molar-refractivity contribution in [1.29, 1.82) is 0 Å². The molecule has 0 bridgehead atoms. The van der Waals surface area contributed by atoms with Crippen molar-refractivity contribution in [1.82, 2.24) is 15.0 Å². The van der Waals surface area contributed by atoms with Gasteiger partial charge in [0.1, 0.15) is 5.82 Å². The molecule has 0 saturated heterocycles. The maximum atomic E-state index is 13.1. The van der Waals surface area contributed by atoms with Crippen LogP contribution in [0.2, 0.25) is 5.02 Å². The fourth-order valence-electron chi connectivity index (χ4n) is 1.54. The van der Waals surface area contributed by atoms with Crippen LogP contribution in [-0.4, -0.2) is 26.7 Å². The highest BCUT2D eigenvalue weighted by Gasteiger charge is 2.12. The largest absolute Gasteiger partial charge is 0.396 e. The lowest BCUT2D eigenvalue weighted by Crippen LogP contribution is -1.98. The molecule has 1 aromatic carbocycles. The molecule has 0 radical (unpaired) electrons. The first-order valence-electron chi connectivity index (χ1n) is 5.29. The first kappa shape index (κ1) is 13.5. The van der Waals surface area contributed by atoms with Crippen LogP contribution in [0.1, 0.15) is 12.1 Å². The fourth-order valence-corrected chi connectivity index (χ4v) is 2.56. The summed E-state index contributed by atoms with van der Waals surface area (Å²) in [7, 11) is 0. The summed E-state index contributed by atoms with van der Waals surface area (Å²) in [4.78, 5) is 0. The van der Waals surface area contributed by atoms with E-state index in [4.69, 9.17) is 16.7 Å². The molecule has 1 aromatic heterocycles. The zero-order valence-electron chi connectivity index (χ0n) is 9.28. The van der Waals surface area contributed by atoms with Gasteiger partial charge in [0, 0.05) is 11.1 Å². The highest BCUT2D eigenvalue weighted by molar-refractivity contribution is 9.10. The van der Waals surface area contributed by atoms with Gasteiger partial charge in [0.25, 0.3) is 0 Å². The smallest absolute Gasteiger partial charge is 0.125 e. The molecule has 0 aliphatic heterocycles. The third-order valence-electron chi connectivity index (χ3n) is 2.34. The molecule has 7 heteroatoms. The zero-order chi connectivity index (χ0) is 13.1. The summed E-state index contributed by atoms with van der Waals surface area (Å²) in [6.45, 7) is 0.105. The van der Waals surface area contributed by atoms with E-state index >= 15 is 0 Å². The highest BCUT2D eigenvalue weighted by atomic mass is 79.9. The summed E-state index contributed by atoms with van der Waals surface area (Å²) in [6.07, 6.45) is 2.96. The van der Waals surface area contributed by atoms with Crippen LogP contribution in [0.3, 0.4) is 0 Å². The van der Waals surface area contributed by atoms with Gasteiger partial charge in [0.05, 0.1) is 22.6 Å². The minimum Gasteiger partial charge on any atom is -0.396 e. The lowest BCUT2D eigenvalue weighted by molar-refractivity contribution is 0.288. The van der Waals surface area contributed by atoms with Gasteiger partial charge < -0.3 is 5.11 Å². The highest BCUT2D eigenvalue weighted by Crippen LogP contribution is 2.29. The Morgan fingerprint density at radius 2 is 2.22 bits per heavy atom. The molecule has 2 aromatic rings.